The summed E-state index contributed by atoms with van der Waals surface area (Å²) in [5, 5.41) is 3.07. The van der Waals surface area contributed by atoms with Gasteiger partial charge in [0.15, 0.2) is 0 Å². The van der Waals surface area contributed by atoms with Crippen LogP contribution in [0, 0.1) is 0 Å². The van der Waals surface area contributed by atoms with Gasteiger partial charge in [-0.05, 0) is 63.9 Å². The van der Waals surface area contributed by atoms with Gasteiger partial charge in [0.25, 0.3) is 0 Å². The Balaban J connectivity index is 5.18. The van der Waals surface area contributed by atoms with Gasteiger partial charge in [-0.3, -0.25) is 18.6 Å². The Morgan fingerprint density at radius 2 is 0.792 bits per heavy atom. The highest BCUT2D eigenvalue weighted by atomic mass is 31.2. The molecule has 0 radical (unpaired) electrons. The lowest BCUT2D eigenvalue weighted by molar-refractivity contribution is -0.870. The predicted molar refractivity (Wildman–Crippen MR) is 332 cm³/mol. The molecule has 0 fully saturated rings. The minimum atomic E-state index is -4.45. The molecule has 9 nitrogen and oxygen atoms in total. The van der Waals surface area contributed by atoms with Gasteiger partial charge in [0.1, 0.15) is 19.3 Å². The van der Waals surface area contributed by atoms with Crippen molar-refractivity contribution < 1.29 is 37.3 Å². The zero-order valence-electron chi connectivity index (χ0n) is 52.0. The van der Waals surface area contributed by atoms with E-state index in [9.17, 15) is 19.0 Å². The fourth-order valence-corrected chi connectivity index (χ4v) is 10.7. The van der Waals surface area contributed by atoms with E-state index in [1.807, 2.05) is 33.3 Å². The van der Waals surface area contributed by atoms with Crippen LogP contribution in [-0.4, -0.2) is 74.3 Å². The number of ether oxygens (including phenoxy) is 1. The summed E-state index contributed by atoms with van der Waals surface area (Å²) in [7, 11) is 1.51. The van der Waals surface area contributed by atoms with Crippen molar-refractivity contribution in [1.82, 2.24) is 5.32 Å². The third-order valence-corrected chi connectivity index (χ3v) is 16.1. The molecule has 3 unspecified atom stereocenters. The summed E-state index contributed by atoms with van der Waals surface area (Å²) in [6, 6.07) is -0.846. The van der Waals surface area contributed by atoms with Crippen LogP contribution in [0.5, 0.6) is 0 Å². The van der Waals surface area contributed by atoms with Crippen molar-refractivity contribution in [2.24, 2.45) is 0 Å². The minimum absolute atomic E-state index is 0.0425. The van der Waals surface area contributed by atoms with Crippen molar-refractivity contribution in [1.29, 1.82) is 0 Å². The van der Waals surface area contributed by atoms with Gasteiger partial charge in [-0.15, -0.1) is 0 Å². The van der Waals surface area contributed by atoms with E-state index < -0.39 is 20.0 Å². The first-order valence-corrected chi connectivity index (χ1v) is 34.8. The van der Waals surface area contributed by atoms with Gasteiger partial charge in [0.2, 0.25) is 5.91 Å². The highest BCUT2D eigenvalue weighted by Gasteiger charge is 2.30. The molecule has 0 aliphatic carbocycles. The number of likely N-dealkylation sites (N-methyl/N-ethyl adjacent to an activating group) is 1. The van der Waals surface area contributed by atoms with Gasteiger partial charge in [-0.25, -0.2) is 4.57 Å². The number of amides is 1. The van der Waals surface area contributed by atoms with Crippen molar-refractivity contribution >= 4 is 19.7 Å². The van der Waals surface area contributed by atoms with Gasteiger partial charge in [0.05, 0.1) is 33.8 Å². The quantitative estimate of drug-likeness (QED) is 0.0205. The van der Waals surface area contributed by atoms with E-state index in [0.717, 1.165) is 64.2 Å². The van der Waals surface area contributed by atoms with E-state index >= 15 is 0 Å². The van der Waals surface area contributed by atoms with Crippen LogP contribution >= 0.6 is 7.82 Å². The number of phosphoric ester groups is 1. The normalized spacial score (nSPS) is 13.8. The lowest BCUT2D eigenvalue weighted by Crippen LogP contribution is -2.47. The van der Waals surface area contributed by atoms with Crippen molar-refractivity contribution in [2.45, 2.75) is 341 Å². The summed E-state index contributed by atoms with van der Waals surface area (Å²) in [6.07, 6.45) is 69.9. The number of phosphoric acid groups is 1. The number of nitrogens with one attached hydrogen (secondary N) is 1. The standard InChI is InChI=1S/C67H129N2O7P/c1-7-10-13-16-19-22-25-28-30-32-33-34-35-37-38-41-44-47-50-53-56-59-66(70)68-64(63-75-77(72,73)74-62-61-69(4,5)6)65(58-55-52-49-46-43-40-27-24-21-18-15-12-9-3)76-67(71)60-57-54-51-48-45-42-39-36-31-29-26-23-20-17-14-11-8-2/h19,22,28,30,55,58,64-65H,7-18,20-21,23-27,29,31-54,56-57,59-63H2,1-6H3,(H-,68,70,72,73)/p+1/b22-19-,30-28-,58-55+. The fraction of sp³-hybridized carbons (Fsp3) is 0.881. The second-order valence-electron chi connectivity index (χ2n) is 24.0. The highest BCUT2D eigenvalue weighted by molar-refractivity contribution is 7.47. The Kier molecular flexibility index (Phi) is 56.1. The summed E-state index contributed by atoms with van der Waals surface area (Å²) < 4.78 is 30.8. The maximum Gasteiger partial charge on any atom is 0.472 e. The molecular weight excluding hydrogens is 976 g/mol. The SMILES string of the molecule is CCCCC/C=C\C/C=C\CCCCCCCCCCCCCC(=O)NC(COP(=O)(O)OCC[N+](C)(C)C)C(/C=C/CCCCCCCCCCCCC)OC(=O)CCCCCCCCCCCCCCCCCCC. The second-order valence-corrected chi connectivity index (χ2v) is 25.5. The molecule has 0 aliphatic rings. The van der Waals surface area contributed by atoms with Crippen molar-refractivity contribution in [3.63, 3.8) is 0 Å². The zero-order chi connectivity index (χ0) is 56.4. The molecule has 77 heavy (non-hydrogen) atoms. The van der Waals surface area contributed by atoms with Crippen molar-refractivity contribution in [3.8, 4) is 0 Å². The molecule has 0 aliphatic heterocycles. The third kappa shape index (κ3) is 58.7. The largest absolute Gasteiger partial charge is 0.472 e. The summed E-state index contributed by atoms with van der Waals surface area (Å²) in [5.41, 5.74) is 0. The van der Waals surface area contributed by atoms with E-state index in [1.54, 1.807) is 0 Å². The number of nitrogens with zero attached hydrogens (tertiary/aromatic N) is 1. The molecule has 0 aromatic carbocycles. The average Bonchev–Trinajstić information content (AvgIpc) is 3.39. The Morgan fingerprint density at radius 3 is 1.19 bits per heavy atom. The van der Waals surface area contributed by atoms with Crippen LogP contribution in [0.4, 0.5) is 0 Å². The number of hydrogen-bond donors (Lipinski definition) is 2. The Morgan fingerprint density at radius 1 is 0.455 bits per heavy atom. The lowest BCUT2D eigenvalue weighted by atomic mass is 10.0. The topological polar surface area (TPSA) is 111 Å². The molecule has 0 spiro atoms. The number of quaternary nitrogens is 1. The molecule has 3 atom stereocenters. The van der Waals surface area contributed by atoms with E-state index in [1.165, 1.54) is 231 Å². The maximum absolute atomic E-state index is 13.6. The van der Waals surface area contributed by atoms with E-state index in [4.69, 9.17) is 13.8 Å². The molecule has 0 aromatic heterocycles. The number of allylic oxidation sites excluding steroid dienone is 5. The van der Waals surface area contributed by atoms with Crippen molar-refractivity contribution in [2.75, 3.05) is 40.9 Å². The maximum atomic E-state index is 13.6. The van der Waals surface area contributed by atoms with Gasteiger partial charge >= 0.3 is 13.8 Å². The molecule has 1 amide bonds. The Bertz CT molecular complexity index is 1410. The highest BCUT2D eigenvalue weighted by Crippen LogP contribution is 2.43. The fourth-order valence-electron chi connectivity index (χ4n) is 9.91. The molecule has 10 heteroatoms. The van der Waals surface area contributed by atoms with E-state index in [-0.39, 0.29) is 25.1 Å². The molecule has 0 heterocycles. The number of rotatable bonds is 61. The molecule has 0 saturated heterocycles. The number of hydrogen-bond acceptors (Lipinski definition) is 6. The molecular formula is C67H130N2O7P+. The van der Waals surface area contributed by atoms with Gasteiger partial charge in [0, 0.05) is 12.8 Å². The average molecular weight is 1110 g/mol. The first kappa shape index (κ1) is 75.2. The number of esters is 1. The molecule has 0 saturated carbocycles. The summed E-state index contributed by atoms with van der Waals surface area (Å²) in [5.74, 6) is -0.490. The minimum Gasteiger partial charge on any atom is -0.456 e. The third-order valence-electron chi connectivity index (χ3n) is 15.1. The van der Waals surface area contributed by atoms with Gasteiger partial charge < -0.3 is 19.4 Å². The predicted octanol–water partition coefficient (Wildman–Crippen LogP) is 20.7. The molecule has 0 rings (SSSR count). The van der Waals surface area contributed by atoms with Crippen LogP contribution in [0.3, 0.4) is 0 Å². The molecule has 2 N–H and O–H groups in total. The van der Waals surface area contributed by atoms with Crippen LogP contribution < -0.4 is 5.32 Å². The first-order valence-electron chi connectivity index (χ1n) is 33.3. The number of unbranched alkanes of at least 4 members (excludes halogenated alkanes) is 41. The van der Waals surface area contributed by atoms with Crippen LogP contribution in [0.1, 0.15) is 329 Å². The molecule has 454 valence electrons. The van der Waals surface area contributed by atoms with Gasteiger partial charge in [-0.1, -0.05) is 289 Å². The van der Waals surface area contributed by atoms with Crippen molar-refractivity contribution in [3.05, 3.63) is 36.5 Å². The summed E-state index contributed by atoms with van der Waals surface area (Å²) in [4.78, 5) is 37.8. The number of carbonyl (C=O) groups is 2. The Labute approximate surface area is 478 Å². The van der Waals surface area contributed by atoms with Crippen LogP contribution in [0.15, 0.2) is 36.5 Å². The smallest absolute Gasteiger partial charge is 0.456 e. The zero-order valence-corrected chi connectivity index (χ0v) is 52.9. The van der Waals surface area contributed by atoms with Crippen LogP contribution in [0.25, 0.3) is 0 Å². The summed E-state index contributed by atoms with van der Waals surface area (Å²) in [6.45, 7) is 7.04. The number of carbonyl (C=O) groups excluding carboxylic acids is 2. The molecule has 0 aromatic rings. The second kappa shape index (κ2) is 57.5. The van der Waals surface area contributed by atoms with E-state index in [2.05, 4.69) is 50.4 Å². The Hall–Kier alpha value is -1.77. The first-order chi connectivity index (χ1) is 37.4. The van der Waals surface area contributed by atoms with E-state index in [0.29, 0.717) is 23.9 Å². The van der Waals surface area contributed by atoms with Crippen LogP contribution in [0.2, 0.25) is 0 Å². The monoisotopic (exact) mass is 1110 g/mol. The van der Waals surface area contributed by atoms with Crippen LogP contribution in [-0.2, 0) is 27.9 Å². The summed E-state index contributed by atoms with van der Waals surface area (Å²) >= 11 is 0. The molecule has 0 bridgehead atoms. The van der Waals surface area contributed by atoms with Gasteiger partial charge in [-0.2, -0.15) is 0 Å². The lowest BCUT2D eigenvalue weighted by Gasteiger charge is -2.27.